The van der Waals surface area contributed by atoms with Crippen LogP contribution in [-0.4, -0.2) is 24.9 Å². The van der Waals surface area contributed by atoms with E-state index in [0.717, 1.165) is 16.7 Å². The third kappa shape index (κ3) is 2.17. The summed E-state index contributed by atoms with van der Waals surface area (Å²) in [6.45, 7) is -2.57. The van der Waals surface area contributed by atoms with Crippen LogP contribution >= 0.6 is 0 Å². The SMILES string of the molecule is [2H]c1cc(C([2H])([2H])[2H])c2nc([2H])c(-c3nnn[n-]3)c(=O)n2c1.[K+]. The van der Waals surface area contributed by atoms with Gasteiger partial charge in [-0.15, -0.1) is 0 Å². The maximum absolute atomic E-state index is 12.5. The van der Waals surface area contributed by atoms with Crippen molar-refractivity contribution >= 4 is 5.65 Å². The number of rotatable bonds is 1. The molecule has 3 aromatic rings. The first kappa shape index (κ1) is 8.28. The first-order valence-corrected chi connectivity index (χ1v) is 4.52. The molecule has 0 radical (unpaired) electrons. The Morgan fingerprint density at radius 2 is 2.44 bits per heavy atom. The monoisotopic (exact) mass is 271 g/mol. The first-order chi connectivity index (χ1) is 10.3. The summed E-state index contributed by atoms with van der Waals surface area (Å²) in [5, 5.41) is 13.5. The molecule has 0 aliphatic carbocycles. The number of aromatic nitrogens is 6. The van der Waals surface area contributed by atoms with Crippen LogP contribution in [0, 0.1) is 6.85 Å². The second kappa shape index (κ2) is 5.37. The average Bonchev–Trinajstić information content (AvgIpc) is 2.92. The number of nitrogens with zero attached hydrogens (tertiary/aromatic N) is 6. The summed E-state index contributed by atoms with van der Waals surface area (Å²) < 4.78 is 38.8. The molecule has 0 amide bonds. The van der Waals surface area contributed by atoms with Crippen molar-refractivity contribution in [2.45, 2.75) is 6.85 Å². The van der Waals surface area contributed by atoms with Gasteiger partial charge in [0.15, 0.2) is 0 Å². The Bertz CT molecular complexity index is 922. The summed E-state index contributed by atoms with van der Waals surface area (Å²) in [6, 6.07) is 0.918. The second-order valence-electron chi connectivity index (χ2n) is 3.15. The third-order valence-electron chi connectivity index (χ3n) is 2.15. The fraction of sp³-hybridized carbons (Fsp3) is 0.100. The van der Waals surface area contributed by atoms with Gasteiger partial charge in [0.1, 0.15) is 5.65 Å². The van der Waals surface area contributed by atoms with Gasteiger partial charge in [-0.05, 0) is 18.5 Å². The summed E-state index contributed by atoms with van der Waals surface area (Å²) in [7, 11) is 0. The molecule has 0 aliphatic rings. The summed E-state index contributed by atoms with van der Waals surface area (Å²) in [6.07, 6.45) is 0.634. The van der Waals surface area contributed by atoms with Gasteiger partial charge in [-0.3, -0.25) is 19.5 Å². The zero-order valence-corrected chi connectivity index (χ0v) is 12.4. The van der Waals surface area contributed by atoms with Crippen molar-refractivity contribution in [3.63, 3.8) is 0 Å². The minimum Gasteiger partial charge on any atom is -0.330 e. The summed E-state index contributed by atoms with van der Waals surface area (Å²) in [4.78, 5) is 16.3. The van der Waals surface area contributed by atoms with Gasteiger partial charge in [-0.1, -0.05) is 6.07 Å². The molecule has 0 atom stereocenters. The van der Waals surface area contributed by atoms with E-state index in [1.807, 2.05) is 0 Å². The maximum Gasteiger partial charge on any atom is 1.00 e. The molecule has 7 nitrogen and oxygen atoms in total. The Kier molecular flexibility index (Phi) is 2.47. The molecule has 0 aromatic carbocycles. The van der Waals surface area contributed by atoms with Gasteiger partial charge < -0.3 is 5.10 Å². The third-order valence-corrected chi connectivity index (χ3v) is 2.15. The summed E-state index contributed by atoms with van der Waals surface area (Å²) in [5.74, 6) is -0.178. The molecule has 0 saturated heterocycles. The number of hydrogen-bond donors (Lipinski definition) is 0. The van der Waals surface area contributed by atoms with Gasteiger partial charge in [0.05, 0.1) is 8.30 Å². The van der Waals surface area contributed by atoms with Crippen LogP contribution in [0.15, 0.2) is 29.3 Å². The normalized spacial score (nSPS) is 15.0. The molecule has 0 saturated carbocycles. The molecule has 84 valence electrons. The van der Waals surface area contributed by atoms with Gasteiger partial charge in [0.2, 0.25) is 0 Å². The van der Waals surface area contributed by atoms with Crippen molar-refractivity contribution in [3.05, 3.63) is 40.4 Å². The molecule has 3 rings (SSSR count). The van der Waals surface area contributed by atoms with Crippen molar-refractivity contribution in [2.75, 3.05) is 0 Å². The van der Waals surface area contributed by atoms with E-state index in [2.05, 4.69) is 25.6 Å². The molecule has 3 aromatic heterocycles. The molecule has 8 heteroatoms. The van der Waals surface area contributed by atoms with Gasteiger partial charge in [-0.2, -0.15) is 5.21 Å². The van der Waals surface area contributed by atoms with E-state index < -0.39 is 18.6 Å². The van der Waals surface area contributed by atoms with Crippen molar-refractivity contribution in [2.24, 2.45) is 0 Å². The predicted molar refractivity (Wildman–Crippen MR) is 58.3 cm³/mol. The number of aryl methyl sites for hydroxylation is 1. The average molecular weight is 271 g/mol. The number of tetrazole rings is 1. The van der Waals surface area contributed by atoms with Crippen LogP contribution in [0.5, 0.6) is 0 Å². The van der Waals surface area contributed by atoms with E-state index in [0.29, 0.717) is 0 Å². The van der Waals surface area contributed by atoms with Gasteiger partial charge in [0.25, 0.3) is 5.56 Å². The van der Waals surface area contributed by atoms with Gasteiger partial charge in [0, 0.05) is 22.3 Å². The van der Waals surface area contributed by atoms with Crippen LogP contribution in [0.2, 0.25) is 0 Å². The number of fused-ring (bicyclic) bond motifs is 1. The Balaban J connectivity index is 0.00000192. The molecule has 0 spiro atoms. The zero-order valence-electron chi connectivity index (χ0n) is 14.2. The topological polar surface area (TPSA) is 87.1 Å². The number of pyridine rings is 1. The van der Waals surface area contributed by atoms with E-state index in [1.165, 1.54) is 0 Å². The molecule has 3 heterocycles. The Hall–Kier alpha value is -0.934. The molecule has 18 heavy (non-hydrogen) atoms. The van der Waals surface area contributed by atoms with Crippen LogP contribution in [0.1, 0.15) is 12.4 Å². The largest absolute Gasteiger partial charge is 1.00 e. The van der Waals surface area contributed by atoms with E-state index in [9.17, 15) is 4.79 Å². The van der Waals surface area contributed by atoms with Crippen LogP contribution < -0.4 is 62.0 Å². The zero-order chi connectivity index (χ0) is 16.1. The predicted octanol–water partition coefficient (Wildman–Crippen LogP) is -3.18. The molecular formula is C10H7KN6O. The Labute approximate surface area is 151 Å². The Morgan fingerprint density at radius 3 is 3.17 bits per heavy atom. The van der Waals surface area contributed by atoms with Crippen LogP contribution in [0.3, 0.4) is 0 Å². The summed E-state index contributed by atoms with van der Waals surface area (Å²) in [5.41, 5.74) is -1.51. The molecule has 0 N–H and O–H groups in total. The minimum absolute atomic E-state index is 0. The van der Waals surface area contributed by atoms with E-state index >= 15 is 0 Å². The van der Waals surface area contributed by atoms with Crippen molar-refractivity contribution in [3.8, 4) is 11.4 Å². The molecule has 0 unspecified atom stereocenters. The second-order valence-corrected chi connectivity index (χ2v) is 3.15. The van der Waals surface area contributed by atoms with Crippen LogP contribution in [0.25, 0.3) is 17.0 Å². The van der Waals surface area contributed by atoms with Crippen LogP contribution in [-0.2, 0) is 0 Å². The van der Waals surface area contributed by atoms with Crippen LogP contribution in [0.4, 0.5) is 0 Å². The quantitative estimate of drug-likeness (QED) is 0.434. The fourth-order valence-corrected chi connectivity index (χ4v) is 1.39. The molecule has 0 bridgehead atoms. The van der Waals surface area contributed by atoms with Crippen molar-refractivity contribution < 1.29 is 58.2 Å². The first-order valence-electron chi connectivity index (χ1n) is 7.02. The van der Waals surface area contributed by atoms with Gasteiger partial charge >= 0.3 is 51.4 Å². The summed E-state index contributed by atoms with van der Waals surface area (Å²) >= 11 is 0. The minimum atomic E-state index is -2.57. The van der Waals surface area contributed by atoms with E-state index in [1.54, 1.807) is 0 Å². The maximum atomic E-state index is 12.5. The van der Waals surface area contributed by atoms with E-state index in [-0.39, 0.29) is 80.0 Å². The smallest absolute Gasteiger partial charge is 0.330 e. The fourth-order valence-electron chi connectivity index (χ4n) is 1.39. The molecule has 0 aliphatic heterocycles. The molecule has 0 fully saturated rings. The van der Waals surface area contributed by atoms with Crippen molar-refractivity contribution in [1.82, 2.24) is 30.0 Å². The standard InChI is InChI=1S/C10H7N6O.K/c1-6-3-2-4-16-9(6)11-5-7(10(16)17)8-12-14-15-13-8;/h2-5H,1H3;/q-1;+1/i1D3,2D,5D;. The number of hydrogen-bond acceptors (Lipinski definition) is 5. The molecular weight excluding hydrogens is 259 g/mol. The van der Waals surface area contributed by atoms with Gasteiger partial charge in [-0.25, -0.2) is 4.98 Å². The Morgan fingerprint density at radius 1 is 1.56 bits per heavy atom. The van der Waals surface area contributed by atoms with Crippen molar-refractivity contribution in [1.29, 1.82) is 0 Å². The van der Waals surface area contributed by atoms with E-state index in [4.69, 9.17) is 6.85 Å².